The average Bonchev–Trinajstić information content (AvgIpc) is 2.83. The maximum absolute atomic E-state index is 13.0. The lowest BCUT2D eigenvalue weighted by atomic mass is 9.87. The van der Waals surface area contributed by atoms with Crippen LogP contribution in [-0.4, -0.2) is 31.6 Å². The minimum absolute atomic E-state index is 0.0317. The first-order valence-corrected chi connectivity index (χ1v) is 10.8. The van der Waals surface area contributed by atoms with Crippen LogP contribution in [0.3, 0.4) is 0 Å². The standard InChI is InChI=1S/C26H23N5O3/c1-26(2,3)16-6-8-17(9-7-16)31-23-18(24(32)30-25(31)33)14-27-20-11-10-19(29-22(20)23)15-5-12-21(34-4)28-13-15/h5-14H,1-4H3,(H,30,32,33). The quantitative estimate of drug-likeness (QED) is 0.415. The first kappa shape index (κ1) is 21.5. The molecule has 0 bridgehead atoms. The van der Waals surface area contributed by atoms with Gasteiger partial charge in [-0.05, 0) is 41.3 Å². The van der Waals surface area contributed by atoms with Gasteiger partial charge in [0.15, 0.2) is 0 Å². The third-order valence-electron chi connectivity index (χ3n) is 5.81. The van der Waals surface area contributed by atoms with Crippen molar-refractivity contribution in [3.05, 3.63) is 87.3 Å². The minimum Gasteiger partial charge on any atom is -0.481 e. The Bertz CT molecular complexity index is 1640. The fourth-order valence-corrected chi connectivity index (χ4v) is 3.94. The second-order valence-corrected chi connectivity index (χ2v) is 9.07. The normalized spacial score (nSPS) is 11.8. The molecule has 4 aromatic heterocycles. The number of aromatic nitrogens is 5. The Morgan fingerprint density at radius 3 is 2.32 bits per heavy atom. The Balaban J connectivity index is 1.80. The van der Waals surface area contributed by atoms with Gasteiger partial charge in [-0.25, -0.2) is 14.8 Å². The van der Waals surface area contributed by atoms with Crippen LogP contribution in [0.25, 0.3) is 38.9 Å². The number of fused-ring (bicyclic) bond motifs is 3. The van der Waals surface area contributed by atoms with E-state index in [0.717, 1.165) is 11.1 Å². The highest BCUT2D eigenvalue weighted by Crippen LogP contribution is 2.27. The van der Waals surface area contributed by atoms with Crippen molar-refractivity contribution in [2.75, 3.05) is 7.11 Å². The monoisotopic (exact) mass is 453 g/mol. The second kappa shape index (κ2) is 7.91. The van der Waals surface area contributed by atoms with E-state index in [-0.39, 0.29) is 10.8 Å². The van der Waals surface area contributed by atoms with Crippen molar-refractivity contribution < 1.29 is 4.74 Å². The van der Waals surface area contributed by atoms with E-state index in [1.807, 2.05) is 42.5 Å². The van der Waals surface area contributed by atoms with Crippen LogP contribution in [0.4, 0.5) is 0 Å². The molecule has 170 valence electrons. The molecule has 0 spiro atoms. The number of pyridine rings is 3. The van der Waals surface area contributed by atoms with Crippen LogP contribution >= 0.6 is 0 Å². The van der Waals surface area contributed by atoms with Gasteiger partial charge in [-0.1, -0.05) is 32.9 Å². The Morgan fingerprint density at radius 2 is 1.68 bits per heavy atom. The van der Waals surface area contributed by atoms with Crippen LogP contribution in [0.5, 0.6) is 5.88 Å². The molecule has 8 heteroatoms. The summed E-state index contributed by atoms with van der Waals surface area (Å²) in [7, 11) is 1.55. The van der Waals surface area contributed by atoms with Gasteiger partial charge in [0.25, 0.3) is 5.56 Å². The summed E-state index contributed by atoms with van der Waals surface area (Å²) in [5.41, 5.74) is 3.54. The highest BCUT2D eigenvalue weighted by Gasteiger charge is 2.17. The lowest BCUT2D eigenvalue weighted by Crippen LogP contribution is -2.29. The van der Waals surface area contributed by atoms with E-state index in [1.54, 1.807) is 19.4 Å². The molecule has 0 amide bonds. The van der Waals surface area contributed by atoms with Crippen LogP contribution in [0.15, 0.2) is 70.5 Å². The first-order valence-electron chi connectivity index (χ1n) is 10.8. The molecule has 0 aliphatic heterocycles. The molecule has 0 aliphatic rings. The van der Waals surface area contributed by atoms with Gasteiger partial charge in [0.2, 0.25) is 5.88 Å². The zero-order valence-corrected chi connectivity index (χ0v) is 19.3. The van der Waals surface area contributed by atoms with E-state index >= 15 is 0 Å². The molecule has 0 atom stereocenters. The van der Waals surface area contributed by atoms with Gasteiger partial charge >= 0.3 is 5.69 Å². The largest absolute Gasteiger partial charge is 0.481 e. The number of nitrogens with one attached hydrogen (secondary N) is 1. The molecule has 5 aromatic rings. The fraction of sp³-hybridized carbons (Fsp3) is 0.192. The molecule has 8 nitrogen and oxygen atoms in total. The Morgan fingerprint density at radius 1 is 0.912 bits per heavy atom. The Labute approximate surface area is 194 Å². The number of nitrogens with zero attached hydrogens (tertiary/aromatic N) is 4. The summed E-state index contributed by atoms with van der Waals surface area (Å²) in [6.45, 7) is 6.38. The Kier molecular flexibility index (Phi) is 5.01. The van der Waals surface area contributed by atoms with Crippen molar-refractivity contribution >= 4 is 21.9 Å². The van der Waals surface area contributed by atoms with E-state index in [9.17, 15) is 9.59 Å². The molecule has 5 rings (SSSR count). The van der Waals surface area contributed by atoms with Crippen molar-refractivity contribution in [2.45, 2.75) is 26.2 Å². The summed E-state index contributed by atoms with van der Waals surface area (Å²) >= 11 is 0. The number of hydrogen-bond donors (Lipinski definition) is 1. The zero-order valence-electron chi connectivity index (χ0n) is 19.3. The van der Waals surface area contributed by atoms with Gasteiger partial charge in [-0.2, -0.15) is 0 Å². The highest BCUT2D eigenvalue weighted by molar-refractivity contribution is 6.01. The predicted octanol–water partition coefficient (Wildman–Crippen LogP) is 3.99. The molecule has 0 radical (unpaired) electrons. The predicted molar refractivity (Wildman–Crippen MR) is 132 cm³/mol. The lowest BCUT2D eigenvalue weighted by molar-refractivity contribution is 0.398. The van der Waals surface area contributed by atoms with Crippen molar-refractivity contribution in [2.24, 2.45) is 0 Å². The van der Waals surface area contributed by atoms with Crippen molar-refractivity contribution in [1.29, 1.82) is 0 Å². The molecular formula is C26H23N5O3. The average molecular weight is 454 g/mol. The van der Waals surface area contributed by atoms with E-state index in [1.165, 1.54) is 10.8 Å². The number of benzene rings is 1. The maximum atomic E-state index is 13.0. The van der Waals surface area contributed by atoms with Gasteiger partial charge in [-0.15, -0.1) is 0 Å². The number of H-pyrrole nitrogens is 1. The van der Waals surface area contributed by atoms with Gasteiger partial charge in [-0.3, -0.25) is 19.3 Å². The number of methoxy groups -OCH3 is 1. The van der Waals surface area contributed by atoms with Crippen LogP contribution in [-0.2, 0) is 5.41 Å². The summed E-state index contributed by atoms with van der Waals surface area (Å²) in [5, 5.41) is 0.282. The van der Waals surface area contributed by atoms with E-state index in [2.05, 4.69) is 35.7 Å². The van der Waals surface area contributed by atoms with Gasteiger partial charge in [0.1, 0.15) is 5.52 Å². The third-order valence-corrected chi connectivity index (χ3v) is 5.81. The molecule has 1 aromatic carbocycles. The summed E-state index contributed by atoms with van der Waals surface area (Å²) in [4.78, 5) is 41.6. The number of rotatable bonds is 3. The molecule has 1 N–H and O–H groups in total. The number of hydrogen-bond acceptors (Lipinski definition) is 6. The fourth-order valence-electron chi connectivity index (χ4n) is 3.94. The lowest BCUT2D eigenvalue weighted by Gasteiger charge is -2.19. The van der Waals surface area contributed by atoms with Gasteiger partial charge in [0, 0.05) is 24.0 Å². The van der Waals surface area contributed by atoms with Crippen LogP contribution in [0.1, 0.15) is 26.3 Å². The number of ether oxygens (including phenoxy) is 1. The first-order chi connectivity index (χ1) is 16.3. The molecule has 4 heterocycles. The van der Waals surface area contributed by atoms with Crippen molar-refractivity contribution in [1.82, 2.24) is 24.5 Å². The minimum atomic E-state index is -0.535. The molecule has 0 aliphatic carbocycles. The summed E-state index contributed by atoms with van der Waals surface area (Å²) < 4.78 is 6.62. The van der Waals surface area contributed by atoms with Gasteiger partial charge < -0.3 is 4.74 Å². The smallest absolute Gasteiger partial charge is 0.333 e. The number of aromatic amines is 1. The van der Waals surface area contributed by atoms with Crippen LogP contribution in [0.2, 0.25) is 0 Å². The molecular weight excluding hydrogens is 430 g/mol. The molecule has 34 heavy (non-hydrogen) atoms. The maximum Gasteiger partial charge on any atom is 0.333 e. The summed E-state index contributed by atoms with van der Waals surface area (Å²) in [5.74, 6) is 0.496. The topological polar surface area (TPSA) is 103 Å². The van der Waals surface area contributed by atoms with E-state index in [0.29, 0.717) is 33.8 Å². The Hall–Kier alpha value is -4.33. The molecule has 0 saturated heterocycles. The highest BCUT2D eigenvalue weighted by atomic mass is 16.5. The third kappa shape index (κ3) is 3.63. The SMILES string of the molecule is COc1ccc(-c2ccc3ncc4c(=O)[nH]c(=O)n(-c5ccc(C(C)(C)C)cc5)c4c3n2)cn1. The molecule has 0 unspecified atom stereocenters. The van der Waals surface area contributed by atoms with Gasteiger partial charge in [0.05, 0.1) is 34.9 Å². The zero-order chi connectivity index (χ0) is 24.0. The van der Waals surface area contributed by atoms with Crippen LogP contribution < -0.4 is 16.0 Å². The van der Waals surface area contributed by atoms with Crippen molar-refractivity contribution in [3.8, 4) is 22.8 Å². The van der Waals surface area contributed by atoms with E-state index < -0.39 is 11.2 Å². The summed E-state index contributed by atoms with van der Waals surface area (Å²) in [6, 6.07) is 15.0. The summed E-state index contributed by atoms with van der Waals surface area (Å²) in [6.07, 6.45) is 3.14. The van der Waals surface area contributed by atoms with E-state index in [4.69, 9.17) is 9.72 Å². The molecule has 0 saturated carbocycles. The molecule has 0 fully saturated rings. The second-order valence-electron chi connectivity index (χ2n) is 9.07. The van der Waals surface area contributed by atoms with Crippen LogP contribution in [0, 0.1) is 0 Å². The van der Waals surface area contributed by atoms with Crippen molar-refractivity contribution in [3.63, 3.8) is 0 Å².